The summed E-state index contributed by atoms with van der Waals surface area (Å²) in [6.45, 7) is 4.18. The van der Waals surface area contributed by atoms with Gasteiger partial charge in [-0.3, -0.25) is 20.4 Å². The predicted molar refractivity (Wildman–Crippen MR) is 114 cm³/mol. The van der Waals surface area contributed by atoms with Crippen LogP contribution in [0.2, 0.25) is 0 Å². The standard InChI is InChI=1S/C24H24N2O4/c1-17-8-13-22(14-18(17)2)30-16-23(27)25-26-24(28)20-11-9-19(10-12-20)15-29-21-6-4-3-5-7-21/h3-14H,15-16H2,1-2H3,(H,25,27)(H,26,28). The van der Waals surface area contributed by atoms with E-state index in [1.807, 2.05) is 68.4 Å². The van der Waals surface area contributed by atoms with E-state index in [-0.39, 0.29) is 6.61 Å². The van der Waals surface area contributed by atoms with Crippen molar-refractivity contribution in [1.29, 1.82) is 0 Å². The monoisotopic (exact) mass is 404 g/mol. The lowest BCUT2D eigenvalue weighted by Gasteiger charge is -2.10. The highest BCUT2D eigenvalue weighted by atomic mass is 16.5. The molecular formula is C24H24N2O4. The predicted octanol–water partition coefficient (Wildman–Crippen LogP) is 3.72. The van der Waals surface area contributed by atoms with Crippen LogP contribution in [0.25, 0.3) is 0 Å². The van der Waals surface area contributed by atoms with E-state index >= 15 is 0 Å². The smallest absolute Gasteiger partial charge is 0.276 e. The fraction of sp³-hybridized carbons (Fsp3) is 0.167. The molecule has 0 heterocycles. The molecule has 0 aromatic heterocycles. The van der Waals surface area contributed by atoms with Gasteiger partial charge >= 0.3 is 0 Å². The van der Waals surface area contributed by atoms with E-state index in [1.54, 1.807) is 18.2 Å². The highest BCUT2D eigenvalue weighted by Gasteiger charge is 2.08. The number of hydrogen-bond donors (Lipinski definition) is 2. The number of hydrogen-bond acceptors (Lipinski definition) is 4. The van der Waals surface area contributed by atoms with E-state index in [1.165, 1.54) is 0 Å². The molecule has 0 unspecified atom stereocenters. The van der Waals surface area contributed by atoms with E-state index in [0.717, 1.165) is 22.4 Å². The SMILES string of the molecule is Cc1ccc(OCC(=O)NNC(=O)c2ccc(COc3ccccc3)cc2)cc1C. The molecule has 0 aliphatic rings. The number of nitrogens with one attached hydrogen (secondary N) is 2. The van der Waals surface area contributed by atoms with Crippen molar-refractivity contribution in [2.24, 2.45) is 0 Å². The lowest BCUT2D eigenvalue weighted by molar-refractivity contribution is -0.123. The number of para-hydroxylation sites is 1. The number of benzene rings is 3. The summed E-state index contributed by atoms with van der Waals surface area (Å²) in [6.07, 6.45) is 0. The fourth-order valence-corrected chi connectivity index (χ4v) is 2.62. The molecular weight excluding hydrogens is 380 g/mol. The van der Waals surface area contributed by atoms with Crippen LogP contribution < -0.4 is 20.3 Å². The number of carbonyl (C=O) groups is 2. The number of amides is 2. The second-order valence-electron chi connectivity index (χ2n) is 6.84. The van der Waals surface area contributed by atoms with Gasteiger partial charge in [-0.2, -0.15) is 0 Å². The first-order valence-electron chi connectivity index (χ1n) is 9.57. The van der Waals surface area contributed by atoms with Gasteiger partial charge < -0.3 is 9.47 Å². The van der Waals surface area contributed by atoms with Crippen LogP contribution in [-0.2, 0) is 11.4 Å². The summed E-state index contributed by atoms with van der Waals surface area (Å²) in [7, 11) is 0. The molecule has 6 heteroatoms. The molecule has 0 spiro atoms. The largest absolute Gasteiger partial charge is 0.489 e. The molecule has 0 aliphatic carbocycles. The van der Waals surface area contributed by atoms with Crippen LogP contribution in [0.4, 0.5) is 0 Å². The number of carbonyl (C=O) groups excluding carboxylic acids is 2. The molecule has 0 aliphatic heterocycles. The lowest BCUT2D eigenvalue weighted by Crippen LogP contribution is -2.43. The molecule has 6 nitrogen and oxygen atoms in total. The molecule has 0 fully saturated rings. The van der Waals surface area contributed by atoms with Gasteiger partial charge in [-0.25, -0.2) is 0 Å². The lowest BCUT2D eigenvalue weighted by atomic mass is 10.1. The normalized spacial score (nSPS) is 10.2. The van der Waals surface area contributed by atoms with Crippen LogP contribution in [0.3, 0.4) is 0 Å². The minimum absolute atomic E-state index is 0.196. The molecule has 0 saturated heterocycles. The third kappa shape index (κ3) is 6.10. The van der Waals surface area contributed by atoms with Crippen molar-refractivity contribution in [3.63, 3.8) is 0 Å². The van der Waals surface area contributed by atoms with Crippen molar-refractivity contribution >= 4 is 11.8 Å². The zero-order chi connectivity index (χ0) is 21.3. The van der Waals surface area contributed by atoms with Crippen LogP contribution in [0.15, 0.2) is 72.8 Å². The van der Waals surface area contributed by atoms with E-state index < -0.39 is 11.8 Å². The second kappa shape index (κ2) is 10.1. The van der Waals surface area contributed by atoms with Crippen LogP contribution in [0.1, 0.15) is 27.0 Å². The summed E-state index contributed by atoms with van der Waals surface area (Å²) < 4.78 is 11.1. The quantitative estimate of drug-likeness (QED) is 0.589. The Morgan fingerprint density at radius 3 is 2.20 bits per heavy atom. The number of rotatable bonds is 7. The van der Waals surface area contributed by atoms with E-state index in [0.29, 0.717) is 17.9 Å². The van der Waals surface area contributed by atoms with Crippen molar-refractivity contribution in [2.45, 2.75) is 20.5 Å². The average molecular weight is 404 g/mol. The van der Waals surface area contributed by atoms with Gasteiger partial charge in [0.15, 0.2) is 6.61 Å². The molecule has 154 valence electrons. The van der Waals surface area contributed by atoms with Crippen molar-refractivity contribution in [3.8, 4) is 11.5 Å². The third-order valence-corrected chi connectivity index (χ3v) is 4.53. The Balaban J connectivity index is 1.42. The molecule has 0 saturated carbocycles. The molecule has 0 bridgehead atoms. The van der Waals surface area contributed by atoms with Crippen molar-refractivity contribution in [3.05, 3.63) is 95.1 Å². The maximum Gasteiger partial charge on any atom is 0.276 e. The average Bonchev–Trinajstić information content (AvgIpc) is 2.78. The molecule has 0 radical (unpaired) electrons. The van der Waals surface area contributed by atoms with Gasteiger partial charge in [-0.15, -0.1) is 0 Å². The van der Waals surface area contributed by atoms with Crippen LogP contribution in [-0.4, -0.2) is 18.4 Å². The Bertz CT molecular complexity index is 1000. The summed E-state index contributed by atoms with van der Waals surface area (Å²) in [5.74, 6) is 0.525. The number of aryl methyl sites for hydroxylation is 2. The first kappa shape index (κ1) is 20.9. The van der Waals surface area contributed by atoms with Gasteiger partial charge in [0, 0.05) is 5.56 Å². The maximum atomic E-state index is 12.2. The topological polar surface area (TPSA) is 76.7 Å². The molecule has 3 aromatic rings. The zero-order valence-corrected chi connectivity index (χ0v) is 17.0. The third-order valence-electron chi connectivity index (χ3n) is 4.53. The molecule has 2 amide bonds. The van der Waals surface area contributed by atoms with E-state index in [4.69, 9.17) is 9.47 Å². The molecule has 3 rings (SSSR count). The van der Waals surface area contributed by atoms with Crippen LogP contribution in [0, 0.1) is 13.8 Å². The number of hydrazine groups is 1. The minimum atomic E-state index is -0.450. The Hall–Kier alpha value is -3.80. The van der Waals surface area contributed by atoms with Crippen molar-refractivity contribution in [1.82, 2.24) is 10.9 Å². The van der Waals surface area contributed by atoms with Crippen LogP contribution >= 0.6 is 0 Å². The Labute approximate surface area is 175 Å². The van der Waals surface area contributed by atoms with Crippen molar-refractivity contribution in [2.75, 3.05) is 6.61 Å². The van der Waals surface area contributed by atoms with E-state index in [9.17, 15) is 9.59 Å². The highest BCUT2D eigenvalue weighted by Crippen LogP contribution is 2.16. The summed E-state index contributed by atoms with van der Waals surface area (Å²) in [4.78, 5) is 24.1. The summed E-state index contributed by atoms with van der Waals surface area (Å²) in [6, 6.07) is 22.1. The van der Waals surface area contributed by atoms with Gasteiger partial charge in [0.2, 0.25) is 0 Å². The maximum absolute atomic E-state index is 12.2. The minimum Gasteiger partial charge on any atom is -0.489 e. The zero-order valence-electron chi connectivity index (χ0n) is 17.0. The fourth-order valence-electron chi connectivity index (χ4n) is 2.62. The summed E-state index contributed by atoms with van der Waals surface area (Å²) in [5.41, 5.74) is 8.32. The van der Waals surface area contributed by atoms with E-state index in [2.05, 4.69) is 10.9 Å². The van der Waals surface area contributed by atoms with Gasteiger partial charge in [0.25, 0.3) is 11.8 Å². The first-order chi connectivity index (χ1) is 14.5. The Morgan fingerprint density at radius 1 is 0.767 bits per heavy atom. The molecule has 2 N–H and O–H groups in total. The Morgan fingerprint density at radius 2 is 1.50 bits per heavy atom. The van der Waals surface area contributed by atoms with Gasteiger partial charge in [-0.1, -0.05) is 36.4 Å². The van der Waals surface area contributed by atoms with Crippen molar-refractivity contribution < 1.29 is 19.1 Å². The highest BCUT2D eigenvalue weighted by molar-refractivity contribution is 5.95. The second-order valence-corrected chi connectivity index (χ2v) is 6.84. The van der Waals surface area contributed by atoms with Crippen LogP contribution in [0.5, 0.6) is 11.5 Å². The summed E-state index contributed by atoms with van der Waals surface area (Å²) >= 11 is 0. The molecule has 0 atom stereocenters. The Kier molecular flexibility index (Phi) is 7.05. The molecule has 30 heavy (non-hydrogen) atoms. The van der Waals surface area contributed by atoms with Gasteiger partial charge in [-0.05, 0) is 66.9 Å². The van der Waals surface area contributed by atoms with Gasteiger partial charge in [0.1, 0.15) is 18.1 Å². The van der Waals surface area contributed by atoms with Gasteiger partial charge in [0.05, 0.1) is 0 Å². The summed E-state index contributed by atoms with van der Waals surface area (Å²) in [5, 5.41) is 0. The number of ether oxygens (including phenoxy) is 2. The first-order valence-corrected chi connectivity index (χ1v) is 9.57. The molecule has 3 aromatic carbocycles.